The first-order valence-corrected chi connectivity index (χ1v) is 11.4. The minimum atomic E-state index is -0.360. The van der Waals surface area contributed by atoms with E-state index in [1.54, 1.807) is 18.2 Å². The average molecular weight is 463 g/mol. The van der Waals surface area contributed by atoms with Crippen LogP contribution in [0.4, 0.5) is 21.9 Å². The van der Waals surface area contributed by atoms with Crippen LogP contribution in [-0.4, -0.2) is 43.0 Å². The van der Waals surface area contributed by atoms with Gasteiger partial charge in [-0.25, -0.2) is 4.79 Å². The van der Waals surface area contributed by atoms with E-state index >= 15 is 0 Å². The van der Waals surface area contributed by atoms with Gasteiger partial charge in [0.25, 0.3) is 0 Å². The summed E-state index contributed by atoms with van der Waals surface area (Å²) < 4.78 is 0. The van der Waals surface area contributed by atoms with E-state index in [9.17, 15) is 9.59 Å². The maximum atomic E-state index is 12.3. The summed E-state index contributed by atoms with van der Waals surface area (Å²) in [7, 11) is 0. The van der Waals surface area contributed by atoms with Crippen LogP contribution in [0, 0.1) is 0 Å². The summed E-state index contributed by atoms with van der Waals surface area (Å²) >= 11 is 11.9. The zero-order chi connectivity index (χ0) is 22.2. The first-order chi connectivity index (χ1) is 15.0. The van der Waals surface area contributed by atoms with Gasteiger partial charge in [-0.05, 0) is 48.9 Å². The van der Waals surface area contributed by atoms with Crippen molar-refractivity contribution in [3.8, 4) is 0 Å². The molecule has 1 aliphatic heterocycles. The van der Waals surface area contributed by atoms with Crippen LogP contribution in [0.3, 0.4) is 0 Å². The van der Waals surface area contributed by atoms with E-state index in [1.807, 2.05) is 29.2 Å². The first-order valence-electron chi connectivity index (χ1n) is 10.6. The number of unbranched alkanes of at least 4 members (excludes halogenated alkanes) is 2. The normalized spacial score (nSPS) is 13.8. The summed E-state index contributed by atoms with van der Waals surface area (Å²) in [6, 6.07) is 12.2. The van der Waals surface area contributed by atoms with E-state index < -0.39 is 0 Å². The fourth-order valence-electron chi connectivity index (χ4n) is 3.52. The molecule has 0 aliphatic carbocycles. The quantitative estimate of drug-likeness (QED) is 0.505. The molecule has 2 aromatic rings. The predicted octanol–water partition coefficient (Wildman–Crippen LogP) is 5.87. The Kier molecular flexibility index (Phi) is 8.43. The molecule has 1 saturated heterocycles. The second kappa shape index (κ2) is 11.3. The van der Waals surface area contributed by atoms with Crippen molar-refractivity contribution in [2.45, 2.75) is 32.6 Å². The van der Waals surface area contributed by atoms with Crippen LogP contribution in [0.15, 0.2) is 42.5 Å². The van der Waals surface area contributed by atoms with Gasteiger partial charge in [0.05, 0.1) is 10.0 Å². The largest absolute Gasteiger partial charge is 0.368 e. The summed E-state index contributed by atoms with van der Waals surface area (Å²) in [5.74, 6) is 0.264. The number of hydrogen-bond acceptors (Lipinski definition) is 3. The molecule has 31 heavy (non-hydrogen) atoms. The van der Waals surface area contributed by atoms with Crippen molar-refractivity contribution in [3.05, 3.63) is 52.5 Å². The summed E-state index contributed by atoms with van der Waals surface area (Å²) in [5.41, 5.74) is 2.32. The van der Waals surface area contributed by atoms with Crippen LogP contribution in [0.5, 0.6) is 0 Å². The standard InChI is InChI=1S/C23H28Cl2N4O2/c1-2-3-4-5-22(30)29-14-12-28(13-15-29)19-9-6-17(7-10-19)26-23(31)27-18-8-11-20(24)21(25)16-18/h6-11,16H,2-5,12-15H2,1H3,(H2,26,27,31). The minimum absolute atomic E-state index is 0.264. The van der Waals surface area contributed by atoms with E-state index in [0.717, 1.165) is 51.1 Å². The topological polar surface area (TPSA) is 64.7 Å². The van der Waals surface area contributed by atoms with Gasteiger partial charge in [-0.2, -0.15) is 0 Å². The third kappa shape index (κ3) is 6.77. The number of carbonyl (C=O) groups is 2. The molecule has 0 unspecified atom stereocenters. The van der Waals surface area contributed by atoms with Gasteiger partial charge in [-0.1, -0.05) is 43.0 Å². The molecule has 2 aromatic carbocycles. The van der Waals surface area contributed by atoms with Gasteiger partial charge in [0.2, 0.25) is 5.91 Å². The summed E-state index contributed by atoms with van der Waals surface area (Å²) in [5, 5.41) is 6.35. The number of anilines is 3. The highest BCUT2D eigenvalue weighted by molar-refractivity contribution is 6.42. The first kappa shape index (κ1) is 23.2. The SMILES string of the molecule is CCCCCC(=O)N1CCN(c2ccc(NC(=O)Nc3ccc(Cl)c(Cl)c3)cc2)CC1. The van der Waals surface area contributed by atoms with Crippen LogP contribution in [-0.2, 0) is 4.79 Å². The predicted molar refractivity (Wildman–Crippen MR) is 128 cm³/mol. The van der Waals surface area contributed by atoms with Crippen molar-refractivity contribution >= 4 is 52.2 Å². The molecule has 1 heterocycles. The second-order valence-electron chi connectivity index (χ2n) is 7.58. The number of carbonyl (C=O) groups excluding carboxylic acids is 2. The molecule has 6 nitrogen and oxygen atoms in total. The van der Waals surface area contributed by atoms with Gasteiger partial charge in [0.1, 0.15) is 0 Å². The number of rotatable bonds is 7. The lowest BCUT2D eigenvalue weighted by atomic mass is 10.1. The maximum Gasteiger partial charge on any atom is 0.323 e. The number of nitrogens with one attached hydrogen (secondary N) is 2. The van der Waals surface area contributed by atoms with Crippen molar-refractivity contribution < 1.29 is 9.59 Å². The van der Waals surface area contributed by atoms with E-state index in [4.69, 9.17) is 23.2 Å². The second-order valence-corrected chi connectivity index (χ2v) is 8.39. The van der Waals surface area contributed by atoms with E-state index in [-0.39, 0.29) is 11.9 Å². The van der Waals surface area contributed by atoms with Gasteiger partial charge >= 0.3 is 6.03 Å². The molecule has 0 radical (unpaired) electrons. The Labute approximate surface area is 193 Å². The number of amides is 3. The highest BCUT2D eigenvalue weighted by Crippen LogP contribution is 2.25. The van der Waals surface area contributed by atoms with Crippen LogP contribution < -0.4 is 15.5 Å². The zero-order valence-electron chi connectivity index (χ0n) is 17.7. The Hall–Kier alpha value is -2.44. The van der Waals surface area contributed by atoms with Crippen molar-refractivity contribution in [1.82, 2.24) is 4.90 Å². The number of urea groups is 1. The monoisotopic (exact) mass is 462 g/mol. The third-order valence-electron chi connectivity index (χ3n) is 5.29. The fourth-order valence-corrected chi connectivity index (χ4v) is 3.82. The molecule has 1 aliphatic rings. The van der Waals surface area contributed by atoms with Gasteiger partial charge in [0, 0.05) is 49.7 Å². The lowest BCUT2D eigenvalue weighted by molar-refractivity contribution is -0.131. The molecule has 0 saturated carbocycles. The molecule has 0 atom stereocenters. The van der Waals surface area contributed by atoms with Gasteiger partial charge in [0.15, 0.2) is 0 Å². The minimum Gasteiger partial charge on any atom is -0.368 e. The summed E-state index contributed by atoms with van der Waals surface area (Å²) in [6.45, 7) is 5.26. The lowest BCUT2D eigenvalue weighted by Crippen LogP contribution is -2.48. The molecule has 2 N–H and O–H groups in total. The molecule has 0 spiro atoms. The number of piperazine rings is 1. The molecule has 8 heteroatoms. The summed E-state index contributed by atoms with van der Waals surface area (Å²) in [4.78, 5) is 28.7. The van der Waals surface area contributed by atoms with E-state index in [0.29, 0.717) is 27.8 Å². The number of halogens is 2. The van der Waals surface area contributed by atoms with Crippen LogP contribution in [0.25, 0.3) is 0 Å². The van der Waals surface area contributed by atoms with E-state index in [2.05, 4.69) is 22.5 Å². The highest BCUT2D eigenvalue weighted by atomic mass is 35.5. The Morgan fingerprint density at radius 3 is 2.16 bits per heavy atom. The molecule has 3 rings (SSSR count). The Morgan fingerprint density at radius 1 is 0.871 bits per heavy atom. The van der Waals surface area contributed by atoms with Gasteiger partial charge in [-0.3, -0.25) is 4.79 Å². The third-order valence-corrected chi connectivity index (χ3v) is 6.03. The highest BCUT2D eigenvalue weighted by Gasteiger charge is 2.20. The lowest BCUT2D eigenvalue weighted by Gasteiger charge is -2.36. The zero-order valence-corrected chi connectivity index (χ0v) is 19.2. The number of hydrogen-bond donors (Lipinski definition) is 2. The van der Waals surface area contributed by atoms with Gasteiger partial charge < -0.3 is 20.4 Å². The molecule has 1 fully saturated rings. The molecule has 166 valence electrons. The number of nitrogens with zero attached hydrogens (tertiary/aromatic N) is 2. The van der Waals surface area contributed by atoms with Crippen LogP contribution in [0.1, 0.15) is 32.6 Å². The van der Waals surface area contributed by atoms with Crippen molar-refractivity contribution in [2.24, 2.45) is 0 Å². The Balaban J connectivity index is 1.47. The fraction of sp³-hybridized carbons (Fsp3) is 0.391. The van der Waals surface area contributed by atoms with Gasteiger partial charge in [-0.15, -0.1) is 0 Å². The smallest absolute Gasteiger partial charge is 0.323 e. The van der Waals surface area contributed by atoms with Crippen LogP contribution >= 0.6 is 23.2 Å². The molecular weight excluding hydrogens is 435 g/mol. The van der Waals surface area contributed by atoms with Crippen LogP contribution in [0.2, 0.25) is 10.0 Å². The molecule has 0 aromatic heterocycles. The van der Waals surface area contributed by atoms with Crippen molar-refractivity contribution in [3.63, 3.8) is 0 Å². The molecule has 0 bridgehead atoms. The van der Waals surface area contributed by atoms with Crippen molar-refractivity contribution in [2.75, 3.05) is 41.7 Å². The van der Waals surface area contributed by atoms with Crippen molar-refractivity contribution in [1.29, 1.82) is 0 Å². The van der Waals surface area contributed by atoms with E-state index in [1.165, 1.54) is 0 Å². The number of benzene rings is 2. The summed E-state index contributed by atoms with van der Waals surface area (Å²) in [6.07, 6.45) is 3.86. The maximum absolute atomic E-state index is 12.3. The molecule has 3 amide bonds. The Bertz CT molecular complexity index is 897. The molecular formula is C23H28Cl2N4O2. The average Bonchev–Trinajstić information content (AvgIpc) is 2.77. The Morgan fingerprint density at radius 2 is 1.52 bits per heavy atom.